The average Bonchev–Trinajstić information content (AvgIpc) is 2.39. The van der Waals surface area contributed by atoms with Crippen LogP contribution in [0.3, 0.4) is 0 Å². The minimum Gasteiger partial charge on any atom is -0.278 e. The quantitative estimate of drug-likeness (QED) is 0.935. The van der Waals surface area contributed by atoms with Gasteiger partial charge in [0.15, 0.2) is 0 Å². The fourth-order valence-corrected chi connectivity index (χ4v) is 3.18. The van der Waals surface area contributed by atoms with E-state index < -0.39 is 10.0 Å². The SMILES string of the molecule is N#Cc1ccccc1NS(=O)(=O)c1cccc(Br)c1. The van der Waals surface area contributed by atoms with Gasteiger partial charge >= 0.3 is 0 Å². The van der Waals surface area contributed by atoms with Crippen LogP contribution in [0.2, 0.25) is 0 Å². The van der Waals surface area contributed by atoms with Gasteiger partial charge in [-0.25, -0.2) is 8.42 Å². The third kappa shape index (κ3) is 3.13. The summed E-state index contributed by atoms with van der Waals surface area (Å²) < 4.78 is 27.4. The highest BCUT2D eigenvalue weighted by molar-refractivity contribution is 9.10. The zero-order chi connectivity index (χ0) is 13.9. The van der Waals surface area contributed by atoms with E-state index in [2.05, 4.69) is 20.7 Å². The van der Waals surface area contributed by atoms with Gasteiger partial charge in [0, 0.05) is 4.47 Å². The summed E-state index contributed by atoms with van der Waals surface area (Å²) >= 11 is 3.22. The normalized spacial score (nSPS) is 10.7. The van der Waals surface area contributed by atoms with Crippen molar-refractivity contribution >= 4 is 31.6 Å². The fourth-order valence-electron chi connectivity index (χ4n) is 1.51. The summed E-state index contributed by atoms with van der Waals surface area (Å²) in [6, 6.07) is 14.7. The molecule has 0 saturated carbocycles. The fraction of sp³-hybridized carbons (Fsp3) is 0. The van der Waals surface area contributed by atoms with E-state index in [9.17, 15) is 8.42 Å². The highest BCUT2D eigenvalue weighted by Crippen LogP contribution is 2.21. The van der Waals surface area contributed by atoms with Gasteiger partial charge in [-0.05, 0) is 30.3 Å². The van der Waals surface area contributed by atoms with E-state index in [1.165, 1.54) is 12.1 Å². The number of nitrogens with zero attached hydrogens (tertiary/aromatic N) is 1. The Hall–Kier alpha value is -1.84. The zero-order valence-electron chi connectivity index (χ0n) is 9.67. The average molecular weight is 337 g/mol. The van der Waals surface area contributed by atoms with Gasteiger partial charge in [-0.3, -0.25) is 4.72 Å². The predicted octanol–water partition coefficient (Wildman–Crippen LogP) is 3.12. The summed E-state index contributed by atoms with van der Waals surface area (Å²) in [4.78, 5) is 0.134. The molecule has 0 saturated heterocycles. The van der Waals surface area contributed by atoms with Crippen molar-refractivity contribution in [1.29, 1.82) is 5.26 Å². The monoisotopic (exact) mass is 336 g/mol. The van der Waals surface area contributed by atoms with Gasteiger partial charge in [0.25, 0.3) is 10.0 Å². The van der Waals surface area contributed by atoms with Crippen molar-refractivity contribution in [2.45, 2.75) is 4.90 Å². The van der Waals surface area contributed by atoms with Crippen molar-refractivity contribution in [3.63, 3.8) is 0 Å². The molecule has 96 valence electrons. The highest BCUT2D eigenvalue weighted by atomic mass is 79.9. The van der Waals surface area contributed by atoms with E-state index in [0.29, 0.717) is 4.47 Å². The minimum absolute atomic E-state index is 0.134. The molecule has 1 N–H and O–H groups in total. The van der Waals surface area contributed by atoms with Crippen LogP contribution in [0.25, 0.3) is 0 Å². The van der Waals surface area contributed by atoms with Gasteiger partial charge < -0.3 is 0 Å². The lowest BCUT2D eigenvalue weighted by molar-refractivity contribution is 0.601. The second kappa shape index (κ2) is 5.43. The Morgan fingerprint density at radius 1 is 1.11 bits per heavy atom. The molecule has 0 amide bonds. The van der Waals surface area contributed by atoms with Crippen LogP contribution >= 0.6 is 15.9 Å². The van der Waals surface area contributed by atoms with Gasteiger partial charge in [0.05, 0.1) is 16.1 Å². The van der Waals surface area contributed by atoms with Crippen LogP contribution < -0.4 is 4.72 Å². The summed E-state index contributed by atoms with van der Waals surface area (Å²) in [6.07, 6.45) is 0. The van der Waals surface area contributed by atoms with Crippen molar-refractivity contribution in [3.05, 3.63) is 58.6 Å². The molecule has 19 heavy (non-hydrogen) atoms. The standard InChI is InChI=1S/C13H9BrN2O2S/c14-11-5-3-6-12(8-11)19(17,18)16-13-7-2-1-4-10(13)9-15/h1-8,16H. The van der Waals surface area contributed by atoms with E-state index in [4.69, 9.17) is 5.26 Å². The van der Waals surface area contributed by atoms with Crippen molar-refractivity contribution in [3.8, 4) is 6.07 Å². The lowest BCUT2D eigenvalue weighted by atomic mass is 10.2. The summed E-state index contributed by atoms with van der Waals surface area (Å²) in [5.74, 6) is 0. The Balaban J connectivity index is 2.40. The number of anilines is 1. The molecule has 2 aromatic carbocycles. The first-order valence-electron chi connectivity index (χ1n) is 5.30. The van der Waals surface area contributed by atoms with Gasteiger partial charge in [-0.1, -0.05) is 34.1 Å². The smallest absolute Gasteiger partial charge is 0.261 e. The number of nitriles is 1. The van der Waals surface area contributed by atoms with Crippen LogP contribution in [0.5, 0.6) is 0 Å². The van der Waals surface area contributed by atoms with Crippen LogP contribution in [0.4, 0.5) is 5.69 Å². The molecule has 0 aromatic heterocycles. The van der Waals surface area contributed by atoms with Gasteiger partial charge in [-0.15, -0.1) is 0 Å². The van der Waals surface area contributed by atoms with E-state index in [0.717, 1.165) is 0 Å². The number of halogens is 1. The van der Waals surface area contributed by atoms with Crippen LogP contribution in [-0.4, -0.2) is 8.42 Å². The maximum absolute atomic E-state index is 12.2. The summed E-state index contributed by atoms with van der Waals surface area (Å²) in [5, 5.41) is 8.94. The van der Waals surface area contributed by atoms with Gasteiger partial charge in [0.2, 0.25) is 0 Å². The molecule has 0 spiro atoms. The molecular formula is C13H9BrN2O2S. The Morgan fingerprint density at radius 2 is 1.84 bits per heavy atom. The first-order chi connectivity index (χ1) is 9.03. The number of benzene rings is 2. The summed E-state index contributed by atoms with van der Waals surface area (Å²) in [6.45, 7) is 0. The molecule has 0 aliphatic heterocycles. The van der Waals surface area contributed by atoms with Gasteiger partial charge in [-0.2, -0.15) is 5.26 Å². The lowest BCUT2D eigenvalue weighted by Gasteiger charge is -2.09. The number of nitrogens with one attached hydrogen (secondary N) is 1. The molecule has 0 aliphatic carbocycles. The van der Waals surface area contributed by atoms with Crippen molar-refractivity contribution < 1.29 is 8.42 Å². The van der Waals surface area contributed by atoms with Crippen molar-refractivity contribution in [2.24, 2.45) is 0 Å². The Kier molecular flexibility index (Phi) is 3.88. The molecule has 0 fully saturated rings. The van der Waals surface area contributed by atoms with Gasteiger partial charge in [0.1, 0.15) is 6.07 Å². The van der Waals surface area contributed by atoms with Crippen molar-refractivity contribution in [2.75, 3.05) is 4.72 Å². The number of para-hydroxylation sites is 1. The molecule has 6 heteroatoms. The van der Waals surface area contributed by atoms with E-state index >= 15 is 0 Å². The maximum atomic E-state index is 12.2. The second-order valence-electron chi connectivity index (χ2n) is 3.72. The molecule has 0 bridgehead atoms. The molecule has 2 aromatic rings. The van der Waals surface area contributed by atoms with Crippen LogP contribution in [0.15, 0.2) is 57.9 Å². The minimum atomic E-state index is -3.70. The van der Waals surface area contributed by atoms with E-state index in [-0.39, 0.29) is 16.1 Å². The Bertz CT molecular complexity index is 751. The lowest BCUT2D eigenvalue weighted by Crippen LogP contribution is -2.13. The topological polar surface area (TPSA) is 70.0 Å². The first kappa shape index (κ1) is 13.6. The van der Waals surface area contributed by atoms with E-state index in [1.54, 1.807) is 36.4 Å². The highest BCUT2D eigenvalue weighted by Gasteiger charge is 2.15. The molecule has 0 radical (unpaired) electrons. The van der Waals surface area contributed by atoms with E-state index in [1.807, 2.05) is 6.07 Å². The summed E-state index contributed by atoms with van der Waals surface area (Å²) in [7, 11) is -3.70. The number of rotatable bonds is 3. The molecule has 2 rings (SSSR count). The first-order valence-corrected chi connectivity index (χ1v) is 7.58. The largest absolute Gasteiger partial charge is 0.278 e. The number of sulfonamides is 1. The predicted molar refractivity (Wildman–Crippen MR) is 76.1 cm³/mol. The molecule has 0 unspecified atom stereocenters. The second-order valence-corrected chi connectivity index (χ2v) is 6.32. The third-order valence-corrected chi connectivity index (χ3v) is 4.25. The molecule has 0 aliphatic rings. The summed E-state index contributed by atoms with van der Waals surface area (Å²) in [5.41, 5.74) is 0.547. The molecule has 4 nitrogen and oxygen atoms in total. The van der Waals surface area contributed by atoms with Crippen LogP contribution in [0.1, 0.15) is 5.56 Å². The molecule has 0 atom stereocenters. The number of hydrogen-bond acceptors (Lipinski definition) is 3. The molecular weight excluding hydrogens is 328 g/mol. The van der Waals surface area contributed by atoms with Crippen LogP contribution in [0, 0.1) is 11.3 Å². The Labute approximate surface area is 119 Å². The van der Waals surface area contributed by atoms with Crippen LogP contribution in [-0.2, 0) is 10.0 Å². The maximum Gasteiger partial charge on any atom is 0.261 e. The Morgan fingerprint density at radius 3 is 2.53 bits per heavy atom. The number of hydrogen-bond donors (Lipinski definition) is 1. The van der Waals surface area contributed by atoms with Crippen molar-refractivity contribution in [1.82, 2.24) is 0 Å². The zero-order valence-corrected chi connectivity index (χ0v) is 12.1. The molecule has 0 heterocycles. The third-order valence-electron chi connectivity index (χ3n) is 2.40.